The second-order valence-electron chi connectivity index (χ2n) is 5.49. The van der Waals surface area contributed by atoms with Gasteiger partial charge in [0.2, 0.25) is 0 Å². The van der Waals surface area contributed by atoms with Crippen molar-refractivity contribution in [3.05, 3.63) is 72.6 Å². The Kier molecular flexibility index (Phi) is 4.64. The Labute approximate surface area is 132 Å². The molecule has 1 aliphatic heterocycles. The van der Waals surface area contributed by atoms with Gasteiger partial charge < -0.3 is 14.5 Å². The van der Waals surface area contributed by atoms with Crippen molar-refractivity contribution in [3.8, 4) is 5.75 Å². The van der Waals surface area contributed by atoms with E-state index < -0.39 is 0 Å². The summed E-state index contributed by atoms with van der Waals surface area (Å²) in [6.45, 7) is 4.84. The molecule has 1 aliphatic rings. The third-order valence-electron chi connectivity index (χ3n) is 3.72. The third kappa shape index (κ3) is 3.61. The molecule has 2 aromatic rings. The van der Waals surface area contributed by atoms with Crippen molar-refractivity contribution in [1.29, 1.82) is 0 Å². The SMILES string of the molecule is CCCN1C=CN(c2ccc(OCc3ccccc3)cc2)C1. The predicted molar refractivity (Wildman–Crippen MR) is 90.7 cm³/mol. The largest absolute Gasteiger partial charge is 0.489 e. The molecule has 0 amide bonds. The molecule has 3 rings (SSSR count). The van der Waals surface area contributed by atoms with Crippen molar-refractivity contribution in [3.63, 3.8) is 0 Å². The Morgan fingerprint density at radius 3 is 2.45 bits per heavy atom. The topological polar surface area (TPSA) is 15.7 Å². The lowest BCUT2D eigenvalue weighted by Crippen LogP contribution is -2.25. The highest BCUT2D eigenvalue weighted by Crippen LogP contribution is 2.23. The zero-order valence-electron chi connectivity index (χ0n) is 13.0. The molecule has 3 heteroatoms. The fraction of sp³-hybridized carbons (Fsp3) is 0.263. The molecule has 0 atom stereocenters. The molecule has 0 bridgehead atoms. The molecule has 2 aromatic carbocycles. The predicted octanol–water partition coefficient (Wildman–Crippen LogP) is 4.23. The fourth-order valence-corrected chi connectivity index (χ4v) is 2.54. The average molecular weight is 294 g/mol. The first kappa shape index (κ1) is 14.5. The van der Waals surface area contributed by atoms with Crippen molar-refractivity contribution >= 4 is 5.69 Å². The Morgan fingerprint density at radius 1 is 0.955 bits per heavy atom. The van der Waals surface area contributed by atoms with E-state index in [0.717, 1.165) is 19.0 Å². The quantitative estimate of drug-likeness (QED) is 0.793. The van der Waals surface area contributed by atoms with Gasteiger partial charge in [-0.05, 0) is 36.2 Å². The highest BCUT2D eigenvalue weighted by molar-refractivity contribution is 5.52. The van der Waals surface area contributed by atoms with Crippen molar-refractivity contribution in [2.45, 2.75) is 20.0 Å². The number of nitrogens with zero attached hydrogens (tertiary/aromatic N) is 2. The summed E-state index contributed by atoms with van der Waals surface area (Å²) in [4.78, 5) is 4.57. The van der Waals surface area contributed by atoms with Crippen LogP contribution in [-0.2, 0) is 6.61 Å². The number of hydrogen-bond acceptors (Lipinski definition) is 3. The zero-order valence-corrected chi connectivity index (χ0v) is 13.0. The molecule has 22 heavy (non-hydrogen) atoms. The molecule has 0 radical (unpaired) electrons. The number of ether oxygens (including phenoxy) is 1. The van der Waals surface area contributed by atoms with Crippen molar-refractivity contribution < 1.29 is 4.74 Å². The van der Waals surface area contributed by atoms with E-state index in [0.29, 0.717) is 6.61 Å². The lowest BCUT2D eigenvalue weighted by Gasteiger charge is -2.21. The number of benzene rings is 2. The van der Waals surface area contributed by atoms with Gasteiger partial charge in [-0.2, -0.15) is 0 Å². The summed E-state index contributed by atoms with van der Waals surface area (Å²) >= 11 is 0. The van der Waals surface area contributed by atoms with Gasteiger partial charge in [-0.1, -0.05) is 37.3 Å². The van der Waals surface area contributed by atoms with Gasteiger partial charge in [0.1, 0.15) is 12.4 Å². The van der Waals surface area contributed by atoms with E-state index in [1.807, 2.05) is 30.3 Å². The first-order valence-electron chi connectivity index (χ1n) is 7.81. The Balaban J connectivity index is 1.56. The Bertz CT molecular complexity index is 607. The van der Waals surface area contributed by atoms with Gasteiger partial charge in [-0.25, -0.2) is 0 Å². The number of hydrogen-bond donors (Lipinski definition) is 0. The Hall–Kier alpha value is -2.42. The molecule has 0 fully saturated rings. The third-order valence-corrected chi connectivity index (χ3v) is 3.72. The van der Waals surface area contributed by atoms with Crippen LogP contribution in [0.1, 0.15) is 18.9 Å². The molecule has 1 heterocycles. The molecule has 0 aromatic heterocycles. The fourth-order valence-electron chi connectivity index (χ4n) is 2.54. The average Bonchev–Trinajstić information content (AvgIpc) is 3.03. The minimum atomic E-state index is 0.605. The number of anilines is 1. The molecule has 114 valence electrons. The first-order valence-corrected chi connectivity index (χ1v) is 7.81. The molecular weight excluding hydrogens is 272 g/mol. The van der Waals surface area contributed by atoms with Gasteiger partial charge >= 0.3 is 0 Å². The van der Waals surface area contributed by atoms with E-state index in [-0.39, 0.29) is 0 Å². The maximum absolute atomic E-state index is 5.82. The van der Waals surface area contributed by atoms with Gasteiger partial charge in [0.25, 0.3) is 0 Å². The van der Waals surface area contributed by atoms with E-state index in [1.165, 1.54) is 17.7 Å². The highest BCUT2D eigenvalue weighted by atomic mass is 16.5. The Morgan fingerprint density at radius 2 is 1.73 bits per heavy atom. The standard InChI is InChI=1S/C19H22N2O/c1-2-12-20-13-14-21(16-20)18-8-10-19(11-9-18)22-15-17-6-4-3-5-7-17/h3-11,13-14H,2,12,15-16H2,1H3. The van der Waals surface area contributed by atoms with E-state index in [2.05, 4.69) is 53.4 Å². The summed E-state index contributed by atoms with van der Waals surface area (Å²) in [6.07, 6.45) is 5.46. The highest BCUT2D eigenvalue weighted by Gasteiger charge is 2.12. The summed E-state index contributed by atoms with van der Waals surface area (Å²) in [5.41, 5.74) is 2.38. The smallest absolute Gasteiger partial charge is 0.119 e. The van der Waals surface area contributed by atoms with Crippen molar-refractivity contribution in [1.82, 2.24) is 4.90 Å². The van der Waals surface area contributed by atoms with Gasteiger partial charge in [0.15, 0.2) is 0 Å². The zero-order chi connectivity index (χ0) is 15.2. The van der Waals surface area contributed by atoms with Crippen molar-refractivity contribution in [2.75, 3.05) is 18.1 Å². The molecule has 0 saturated heterocycles. The minimum Gasteiger partial charge on any atom is -0.489 e. The van der Waals surface area contributed by atoms with Gasteiger partial charge in [0.05, 0.1) is 6.67 Å². The second-order valence-corrected chi connectivity index (χ2v) is 5.49. The van der Waals surface area contributed by atoms with Crippen LogP contribution in [0.25, 0.3) is 0 Å². The van der Waals surface area contributed by atoms with Crippen LogP contribution in [0.4, 0.5) is 5.69 Å². The van der Waals surface area contributed by atoms with E-state index >= 15 is 0 Å². The van der Waals surface area contributed by atoms with Crippen LogP contribution in [0.2, 0.25) is 0 Å². The molecule has 0 N–H and O–H groups in total. The number of rotatable bonds is 6. The van der Waals surface area contributed by atoms with E-state index in [9.17, 15) is 0 Å². The maximum atomic E-state index is 5.82. The van der Waals surface area contributed by atoms with Crippen LogP contribution in [0, 0.1) is 0 Å². The van der Waals surface area contributed by atoms with Gasteiger partial charge in [-0.15, -0.1) is 0 Å². The summed E-state index contributed by atoms with van der Waals surface area (Å²) in [5, 5.41) is 0. The molecular formula is C19H22N2O. The molecule has 0 spiro atoms. The maximum Gasteiger partial charge on any atom is 0.119 e. The monoisotopic (exact) mass is 294 g/mol. The summed E-state index contributed by atoms with van der Waals surface area (Å²) < 4.78 is 5.82. The second kappa shape index (κ2) is 7.03. The summed E-state index contributed by atoms with van der Waals surface area (Å²) in [6, 6.07) is 18.5. The van der Waals surface area contributed by atoms with Gasteiger partial charge in [-0.3, -0.25) is 0 Å². The van der Waals surface area contributed by atoms with Crippen LogP contribution < -0.4 is 9.64 Å². The lowest BCUT2D eigenvalue weighted by molar-refractivity contribution is 0.306. The molecule has 0 unspecified atom stereocenters. The minimum absolute atomic E-state index is 0.605. The normalized spacial score (nSPS) is 13.7. The molecule has 0 aliphatic carbocycles. The van der Waals surface area contributed by atoms with Crippen LogP contribution in [-0.4, -0.2) is 18.1 Å². The van der Waals surface area contributed by atoms with Crippen LogP contribution in [0.3, 0.4) is 0 Å². The molecule has 3 nitrogen and oxygen atoms in total. The summed E-state index contributed by atoms with van der Waals surface area (Å²) in [7, 11) is 0. The summed E-state index contributed by atoms with van der Waals surface area (Å²) in [5.74, 6) is 0.904. The van der Waals surface area contributed by atoms with Gasteiger partial charge in [0, 0.05) is 24.6 Å². The van der Waals surface area contributed by atoms with Crippen molar-refractivity contribution in [2.24, 2.45) is 0 Å². The van der Waals surface area contributed by atoms with E-state index in [1.54, 1.807) is 0 Å². The van der Waals surface area contributed by atoms with E-state index in [4.69, 9.17) is 4.74 Å². The first-order chi connectivity index (χ1) is 10.8. The van der Waals surface area contributed by atoms with Crippen LogP contribution >= 0.6 is 0 Å². The lowest BCUT2D eigenvalue weighted by atomic mass is 10.2. The van der Waals surface area contributed by atoms with Crippen LogP contribution in [0.15, 0.2) is 67.0 Å². The molecule has 0 saturated carbocycles. The van der Waals surface area contributed by atoms with Crippen LogP contribution in [0.5, 0.6) is 5.75 Å².